The molecular weight excluding hydrogens is 374 g/mol. The Morgan fingerprint density at radius 2 is 1.30 bits per heavy atom. The van der Waals surface area contributed by atoms with Gasteiger partial charge in [0.2, 0.25) is 0 Å². The van der Waals surface area contributed by atoms with Crippen LogP contribution in [-0.2, 0) is 0 Å². The predicted octanol–water partition coefficient (Wildman–Crippen LogP) is 3.10. The molecule has 1 N–H and O–H groups in total. The van der Waals surface area contributed by atoms with E-state index in [1.807, 2.05) is 72.8 Å². The molecule has 1 aromatic heterocycles. The second kappa shape index (κ2) is 8.00. The first-order valence-electron chi connectivity index (χ1n) is 10.2. The zero-order valence-corrected chi connectivity index (χ0v) is 16.6. The van der Waals surface area contributed by atoms with Crippen LogP contribution in [0.1, 0.15) is 0 Å². The van der Waals surface area contributed by atoms with Gasteiger partial charge in [-0.3, -0.25) is 0 Å². The van der Waals surface area contributed by atoms with Crippen molar-refractivity contribution in [1.29, 1.82) is 0 Å². The maximum Gasteiger partial charge on any atom is 0.355 e. The number of nitrogens with zero attached hydrogens (tertiary/aromatic N) is 4. The summed E-state index contributed by atoms with van der Waals surface area (Å²) >= 11 is 0. The normalized spacial score (nSPS) is 14.1. The molecule has 0 amide bonds. The van der Waals surface area contributed by atoms with E-state index in [1.54, 1.807) is 4.57 Å². The van der Waals surface area contributed by atoms with E-state index >= 15 is 0 Å². The molecule has 1 aliphatic heterocycles. The quantitative estimate of drug-likeness (QED) is 0.575. The molecule has 0 spiro atoms. The van der Waals surface area contributed by atoms with E-state index in [9.17, 15) is 4.79 Å². The Hall–Kier alpha value is -3.64. The molecule has 1 aliphatic rings. The first-order chi connectivity index (χ1) is 14.8. The number of rotatable bonds is 4. The summed E-state index contributed by atoms with van der Waals surface area (Å²) in [7, 11) is 0. The van der Waals surface area contributed by atoms with Crippen molar-refractivity contribution in [2.24, 2.45) is 0 Å². The van der Waals surface area contributed by atoms with Crippen molar-refractivity contribution in [3.63, 3.8) is 0 Å². The minimum absolute atomic E-state index is 0.185. The molecule has 0 atom stereocenters. The maximum atomic E-state index is 13.4. The SMILES string of the molecule is O=c1n(-c2ccc(N3CCNCC3)cc2)nc(-c2ccccc2)n1-c1ccccc1. The summed E-state index contributed by atoms with van der Waals surface area (Å²) in [6, 6.07) is 27.5. The highest BCUT2D eigenvalue weighted by molar-refractivity contribution is 5.59. The van der Waals surface area contributed by atoms with E-state index in [0.717, 1.165) is 43.1 Å². The summed E-state index contributed by atoms with van der Waals surface area (Å²) in [5.41, 5.74) is 3.43. The molecule has 1 fully saturated rings. The van der Waals surface area contributed by atoms with Crippen molar-refractivity contribution < 1.29 is 0 Å². The smallest absolute Gasteiger partial charge is 0.355 e. The Morgan fingerprint density at radius 3 is 1.97 bits per heavy atom. The van der Waals surface area contributed by atoms with E-state index in [1.165, 1.54) is 10.4 Å². The van der Waals surface area contributed by atoms with E-state index < -0.39 is 0 Å². The highest BCUT2D eigenvalue weighted by Crippen LogP contribution is 2.22. The van der Waals surface area contributed by atoms with Crippen LogP contribution in [0.5, 0.6) is 0 Å². The predicted molar refractivity (Wildman–Crippen MR) is 120 cm³/mol. The first-order valence-corrected chi connectivity index (χ1v) is 10.2. The summed E-state index contributed by atoms with van der Waals surface area (Å²) in [6.07, 6.45) is 0. The lowest BCUT2D eigenvalue weighted by Crippen LogP contribution is -2.43. The van der Waals surface area contributed by atoms with Crippen LogP contribution in [0.2, 0.25) is 0 Å². The van der Waals surface area contributed by atoms with Crippen molar-refractivity contribution in [2.75, 3.05) is 31.1 Å². The highest BCUT2D eigenvalue weighted by atomic mass is 16.2. The van der Waals surface area contributed by atoms with Gasteiger partial charge in [0.15, 0.2) is 5.82 Å². The average molecular weight is 397 g/mol. The Bertz CT molecular complexity index is 1170. The average Bonchev–Trinajstić information content (AvgIpc) is 3.18. The lowest BCUT2D eigenvalue weighted by molar-refractivity contribution is 0.589. The summed E-state index contributed by atoms with van der Waals surface area (Å²) < 4.78 is 3.15. The Balaban J connectivity index is 1.59. The number of hydrogen-bond donors (Lipinski definition) is 1. The first kappa shape index (κ1) is 18.4. The van der Waals surface area contributed by atoms with Gasteiger partial charge in [-0.05, 0) is 36.4 Å². The van der Waals surface area contributed by atoms with Crippen LogP contribution in [0, 0.1) is 0 Å². The van der Waals surface area contributed by atoms with Gasteiger partial charge in [0.1, 0.15) is 0 Å². The van der Waals surface area contributed by atoms with Crippen LogP contribution in [0.4, 0.5) is 5.69 Å². The molecule has 0 saturated carbocycles. The molecule has 2 heterocycles. The lowest BCUT2D eigenvalue weighted by Gasteiger charge is -2.29. The van der Waals surface area contributed by atoms with Gasteiger partial charge in [-0.15, -0.1) is 5.10 Å². The third kappa shape index (κ3) is 3.42. The minimum atomic E-state index is -0.185. The second-order valence-corrected chi connectivity index (χ2v) is 7.31. The van der Waals surface area contributed by atoms with E-state index in [-0.39, 0.29) is 5.69 Å². The topological polar surface area (TPSA) is 55.1 Å². The molecule has 6 nitrogen and oxygen atoms in total. The summed E-state index contributed by atoms with van der Waals surface area (Å²) in [6.45, 7) is 3.95. The Morgan fingerprint density at radius 1 is 0.700 bits per heavy atom. The van der Waals surface area contributed by atoms with Crippen molar-refractivity contribution in [2.45, 2.75) is 0 Å². The molecule has 30 heavy (non-hydrogen) atoms. The number of anilines is 1. The zero-order valence-electron chi connectivity index (χ0n) is 16.6. The summed E-state index contributed by atoms with van der Waals surface area (Å²) in [4.78, 5) is 15.7. The van der Waals surface area contributed by atoms with Crippen LogP contribution < -0.4 is 15.9 Å². The molecule has 0 radical (unpaired) electrons. The fraction of sp³-hybridized carbons (Fsp3) is 0.167. The maximum absolute atomic E-state index is 13.4. The third-order valence-corrected chi connectivity index (χ3v) is 5.40. The van der Waals surface area contributed by atoms with Gasteiger partial charge < -0.3 is 10.2 Å². The number of aromatic nitrogens is 3. The molecule has 5 rings (SSSR count). The number of nitrogens with one attached hydrogen (secondary N) is 1. The van der Waals surface area contributed by atoms with Gasteiger partial charge in [-0.25, -0.2) is 9.36 Å². The molecule has 6 heteroatoms. The molecule has 0 aliphatic carbocycles. The molecule has 0 bridgehead atoms. The van der Waals surface area contributed by atoms with Gasteiger partial charge in [0, 0.05) is 37.4 Å². The van der Waals surface area contributed by atoms with Gasteiger partial charge >= 0.3 is 5.69 Å². The Kier molecular flexibility index (Phi) is 4.91. The molecule has 150 valence electrons. The van der Waals surface area contributed by atoms with Gasteiger partial charge in [0.05, 0.1) is 11.4 Å². The highest BCUT2D eigenvalue weighted by Gasteiger charge is 2.18. The van der Waals surface area contributed by atoms with Crippen LogP contribution in [0.3, 0.4) is 0 Å². The van der Waals surface area contributed by atoms with Gasteiger partial charge in [-0.1, -0.05) is 48.5 Å². The van der Waals surface area contributed by atoms with E-state index in [0.29, 0.717) is 5.82 Å². The fourth-order valence-corrected chi connectivity index (χ4v) is 3.85. The fourth-order valence-electron chi connectivity index (χ4n) is 3.85. The monoisotopic (exact) mass is 397 g/mol. The van der Waals surface area contributed by atoms with Crippen molar-refractivity contribution in [3.05, 3.63) is 95.4 Å². The van der Waals surface area contributed by atoms with Crippen LogP contribution in [0.25, 0.3) is 22.8 Å². The van der Waals surface area contributed by atoms with Gasteiger partial charge in [-0.2, -0.15) is 4.68 Å². The van der Waals surface area contributed by atoms with Crippen LogP contribution in [0.15, 0.2) is 89.7 Å². The van der Waals surface area contributed by atoms with Crippen LogP contribution in [-0.4, -0.2) is 40.5 Å². The Labute approximate surface area is 175 Å². The number of piperazine rings is 1. The van der Waals surface area contributed by atoms with Crippen LogP contribution >= 0.6 is 0 Å². The molecule has 1 saturated heterocycles. The van der Waals surface area contributed by atoms with Crippen molar-refractivity contribution in [1.82, 2.24) is 19.7 Å². The lowest BCUT2D eigenvalue weighted by atomic mass is 10.2. The molecule has 3 aromatic carbocycles. The second-order valence-electron chi connectivity index (χ2n) is 7.31. The van der Waals surface area contributed by atoms with Crippen molar-refractivity contribution >= 4 is 5.69 Å². The zero-order chi connectivity index (χ0) is 20.3. The number of hydrogen-bond acceptors (Lipinski definition) is 4. The molecular formula is C24H23N5O. The largest absolute Gasteiger partial charge is 0.369 e. The molecule has 0 unspecified atom stereocenters. The number of benzene rings is 3. The molecule has 4 aromatic rings. The van der Waals surface area contributed by atoms with E-state index in [2.05, 4.69) is 22.3 Å². The minimum Gasteiger partial charge on any atom is -0.369 e. The van der Waals surface area contributed by atoms with E-state index in [4.69, 9.17) is 5.10 Å². The van der Waals surface area contributed by atoms with Crippen molar-refractivity contribution in [3.8, 4) is 22.8 Å². The third-order valence-electron chi connectivity index (χ3n) is 5.40. The summed E-state index contributed by atoms with van der Waals surface area (Å²) in [5, 5.41) is 8.08. The summed E-state index contributed by atoms with van der Waals surface area (Å²) in [5.74, 6) is 0.623. The number of para-hydroxylation sites is 1. The standard InChI is InChI=1S/C24H23N5O/c30-24-28(21-9-5-2-6-10-21)23(19-7-3-1-4-8-19)26-29(24)22-13-11-20(12-14-22)27-17-15-25-16-18-27/h1-14,25H,15-18H2. The van der Waals surface area contributed by atoms with Gasteiger partial charge in [0.25, 0.3) is 0 Å².